The molecule has 0 aromatic heterocycles. The minimum Gasteiger partial charge on any atom is -0.338 e. The van der Waals surface area contributed by atoms with E-state index in [2.05, 4.69) is 5.32 Å². The first kappa shape index (κ1) is 13.9. The molecule has 2 aliphatic rings. The number of nitrogens with one attached hydrogen (secondary N) is 1. The van der Waals surface area contributed by atoms with Gasteiger partial charge < -0.3 is 15.1 Å². The first-order valence-corrected chi connectivity index (χ1v) is 7.25. The predicted octanol–water partition coefficient (Wildman–Crippen LogP) is 1.46. The molecule has 0 saturated carbocycles. The largest absolute Gasteiger partial charge is 0.338 e. The van der Waals surface area contributed by atoms with Crippen molar-refractivity contribution < 1.29 is 14.0 Å². The summed E-state index contributed by atoms with van der Waals surface area (Å²) in [5, 5.41) is 2.79. The van der Waals surface area contributed by atoms with E-state index >= 15 is 0 Å². The van der Waals surface area contributed by atoms with E-state index < -0.39 is 5.82 Å². The van der Waals surface area contributed by atoms with Gasteiger partial charge >= 0.3 is 6.03 Å². The van der Waals surface area contributed by atoms with Gasteiger partial charge in [0.15, 0.2) is 0 Å². The fraction of sp³-hybridized carbons (Fsp3) is 0.467. The van der Waals surface area contributed by atoms with Gasteiger partial charge in [0, 0.05) is 32.2 Å². The molecule has 1 N–H and O–H groups in total. The fourth-order valence-corrected chi connectivity index (χ4v) is 3.02. The summed E-state index contributed by atoms with van der Waals surface area (Å²) >= 11 is 0. The van der Waals surface area contributed by atoms with Gasteiger partial charge in [-0.2, -0.15) is 0 Å². The van der Waals surface area contributed by atoms with E-state index in [4.69, 9.17) is 0 Å². The van der Waals surface area contributed by atoms with Crippen molar-refractivity contribution in [3.8, 4) is 0 Å². The van der Waals surface area contributed by atoms with Crippen molar-refractivity contribution in [1.29, 1.82) is 0 Å². The van der Waals surface area contributed by atoms with Gasteiger partial charge in [-0.05, 0) is 25.0 Å². The number of amides is 3. The Kier molecular flexibility index (Phi) is 3.77. The van der Waals surface area contributed by atoms with Crippen LogP contribution in [0.25, 0.3) is 0 Å². The van der Waals surface area contributed by atoms with Gasteiger partial charge in [-0.25, -0.2) is 9.18 Å². The van der Waals surface area contributed by atoms with Crippen LogP contribution >= 0.6 is 0 Å². The molecule has 0 atom stereocenters. The Morgan fingerprint density at radius 1 is 1.19 bits per heavy atom. The number of piperidine rings is 1. The third kappa shape index (κ3) is 2.70. The second-order valence-electron chi connectivity index (χ2n) is 5.43. The Hall–Kier alpha value is -2.11. The first-order chi connectivity index (χ1) is 10.2. The lowest BCUT2D eigenvalue weighted by atomic mass is 10.0. The molecular weight excluding hydrogens is 273 g/mol. The Morgan fingerprint density at radius 2 is 1.90 bits per heavy atom. The number of benzene rings is 1. The first-order valence-electron chi connectivity index (χ1n) is 7.25. The Morgan fingerprint density at radius 3 is 2.52 bits per heavy atom. The normalized spacial score (nSPS) is 19.8. The molecule has 21 heavy (non-hydrogen) atoms. The van der Waals surface area contributed by atoms with Crippen molar-refractivity contribution in [1.82, 2.24) is 15.1 Å². The van der Waals surface area contributed by atoms with Crippen LogP contribution in [0.5, 0.6) is 0 Å². The third-order valence-electron chi connectivity index (χ3n) is 4.19. The number of hydrogen-bond acceptors (Lipinski definition) is 2. The maximum atomic E-state index is 13.7. The predicted molar refractivity (Wildman–Crippen MR) is 75.4 cm³/mol. The summed E-state index contributed by atoms with van der Waals surface area (Å²) in [6, 6.07) is 6.21. The van der Waals surface area contributed by atoms with Gasteiger partial charge in [0.05, 0.1) is 5.56 Å². The molecule has 2 fully saturated rings. The molecule has 3 amide bonds. The standard InChI is InChI=1S/C15H18FN3O2/c16-13-4-2-1-3-12(13)14(20)18-8-5-11(6-9-18)19-10-7-17-15(19)21/h1-4,11H,5-10H2,(H,17,21). The van der Waals surface area contributed by atoms with Crippen molar-refractivity contribution in [2.75, 3.05) is 26.2 Å². The van der Waals surface area contributed by atoms with Gasteiger partial charge in [0.25, 0.3) is 5.91 Å². The van der Waals surface area contributed by atoms with Crippen molar-refractivity contribution >= 4 is 11.9 Å². The summed E-state index contributed by atoms with van der Waals surface area (Å²) < 4.78 is 13.7. The van der Waals surface area contributed by atoms with Crippen LogP contribution in [0.4, 0.5) is 9.18 Å². The van der Waals surface area contributed by atoms with E-state index in [9.17, 15) is 14.0 Å². The highest BCUT2D eigenvalue weighted by atomic mass is 19.1. The zero-order valence-electron chi connectivity index (χ0n) is 11.7. The molecule has 1 aromatic rings. The number of rotatable bonds is 2. The van der Waals surface area contributed by atoms with Crippen LogP contribution in [0, 0.1) is 5.82 Å². The highest BCUT2D eigenvalue weighted by Gasteiger charge is 2.32. The van der Waals surface area contributed by atoms with E-state index in [-0.39, 0.29) is 23.5 Å². The van der Waals surface area contributed by atoms with E-state index in [0.717, 1.165) is 19.4 Å². The summed E-state index contributed by atoms with van der Waals surface area (Å²) in [4.78, 5) is 27.5. The Labute approximate surface area is 122 Å². The van der Waals surface area contributed by atoms with Gasteiger partial charge in [-0.15, -0.1) is 0 Å². The molecule has 5 nitrogen and oxygen atoms in total. The number of carbonyl (C=O) groups excluding carboxylic acids is 2. The SMILES string of the molecule is O=C(c1ccccc1F)N1CCC(N2CCNC2=O)CC1. The Balaban J connectivity index is 1.62. The van der Waals surface area contributed by atoms with Crippen LogP contribution in [0.3, 0.4) is 0 Å². The van der Waals surface area contributed by atoms with Gasteiger partial charge in [-0.3, -0.25) is 4.79 Å². The smallest absolute Gasteiger partial charge is 0.317 e. The number of nitrogens with zero attached hydrogens (tertiary/aromatic N) is 2. The molecule has 2 aliphatic heterocycles. The number of halogens is 1. The van der Waals surface area contributed by atoms with Crippen LogP contribution in [-0.2, 0) is 0 Å². The maximum absolute atomic E-state index is 13.7. The quantitative estimate of drug-likeness (QED) is 0.897. The molecular formula is C15H18FN3O2. The minimum absolute atomic E-state index is 0.0196. The molecule has 0 spiro atoms. The number of carbonyl (C=O) groups is 2. The van der Waals surface area contributed by atoms with E-state index in [1.54, 1.807) is 17.0 Å². The molecule has 2 heterocycles. The minimum atomic E-state index is -0.483. The summed E-state index contributed by atoms with van der Waals surface area (Å²) in [6.45, 7) is 2.53. The highest BCUT2D eigenvalue weighted by Crippen LogP contribution is 2.20. The lowest BCUT2D eigenvalue weighted by Crippen LogP contribution is -2.47. The lowest BCUT2D eigenvalue weighted by molar-refractivity contribution is 0.0661. The molecule has 0 bridgehead atoms. The second kappa shape index (κ2) is 5.71. The zero-order valence-corrected chi connectivity index (χ0v) is 11.7. The van der Waals surface area contributed by atoms with E-state index in [1.807, 2.05) is 4.90 Å². The summed E-state index contributed by atoms with van der Waals surface area (Å²) in [5.41, 5.74) is 0.120. The average molecular weight is 291 g/mol. The molecule has 2 saturated heterocycles. The maximum Gasteiger partial charge on any atom is 0.317 e. The van der Waals surface area contributed by atoms with Crippen molar-refractivity contribution in [3.63, 3.8) is 0 Å². The van der Waals surface area contributed by atoms with Crippen molar-refractivity contribution in [3.05, 3.63) is 35.6 Å². The summed E-state index contributed by atoms with van der Waals surface area (Å²) in [5.74, 6) is -0.749. The summed E-state index contributed by atoms with van der Waals surface area (Å²) in [6.07, 6.45) is 1.49. The van der Waals surface area contributed by atoms with Crippen molar-refractivity contribution in [2.45, 2.75) is 18.9 Å². The Bertz CT molecular complexity index is 556. The van der Waals surface area contributed by atoms with Gasteiger partial charge in [0.1, 0.15) is 5.82 Å². The van der Waals surface area contributed by atoms with Crippen LogP contribution in [0.1, 0.15) is 23.2 Å². The number of urea groups is 1. The van der Waals surface area contributed by atoms with Crippen LogP contribution in [0.15, 0.2) is 24.3 Å². The van der Waals surface area contributed by atoms with E-state index in [0.29, 0.717) is 19.6 Å². The van der Waals surface area contributed by atoms with Gasteiger partial charge in [-0.1, -0.05) is 12.1 Å². The molecule has 6 heteroatoms. The lowest BCUT2D eigenvalue weighted by Gasteiger charge is -2.36. The van der Waals surface area contributed by atoms with Crippen LogP contribution in [0.2, 0.25) is 0 Å². The number of likely N-dealkylation sites (tertiary alicyclic amines) is 1. The molecule has 3 rings (SSSR count). The van der Waals surface area contributed by atoms with Crippen LogP contribution in [-0.4, -0.2) is 54.0 Å². The molecule has 0 unspecified atom stereocenters. The number of hydrogen-bond donors (Lipinski definition) is 1. The van der Waals surface area contributed by atoms with Crippen LogP contribution < -0.4 is 5.32 Å². The van der Waals surface area contributed by atoms with Gasteiger partial charge in [0.2, 0.25) is 0 Å². The monoisotopic (exact) mass is 291 g/mol. The topological polar surface area (TPSA) is 52.7 Å². The summed E-state index contributed by atoms with van der Waals surface area (Å²) in [7, 11) is 0. The molecule has 112 valence electrons. The van der Waals surface area contributed by atoms with Crippen molar-refractivity contribution in [2.24, 2.45) is 0 Å². The molecule has 1 aromatic carbocycles. The third-order valence-corrected chi connectivity index (χ3v) is 4.19. The average Bonchev–Trinajstić information content (AvgIpc) is 2.93. The fourth-order valence-electron chi connectivity index (χ4n) is 3.02. The molecule has 0 aliphatic carbocycles. The zero-order chi connectivity index (χ0) is 14.8. The van der Waals surface area contributed by atoms with E-state index in [1.165, 1.54) is 12.1 Å². The second-order valence-corrected chi connectivity index (χ2v) is 5.43. The highest BCUT2D eigenvalue weighted by molar-refractivity contribution is 5.94. The molecule has 0 radical (unpaired) electrons.